The summed E-state index contributed by atoms with van der Waals surface area (Å²) in [5.74, 6) is -5.40. The lowest BCUT2D eigenvalue weighted by Gasteiger charge is -2.12. The lowest BCUT2D eigenvalue weighted by molar-refractivity contribution is -0.385. The van der Waals surface area contributed by atoms with Gasteiger partial charge in [-0.15, -0.1) is 11.3 Å². The number of nitro benzene ring substituents is 1. The Morgan fingerprint density at radius 2 is 1.82 bits per heavy atom. The number of hydrogen-bond donors (Lipinski definition) is 2. The standard InChI is InChI=1S/C22H14Cl2F3N3O8S2/c1-10(28-29-20(31)12-2-4-13(21(32)33)17(7-12)30(34)35)14-8-39-19(11-3-5-15(23)16(24)6-11)18(14)38-40(36,37)9-22(25,26)27/h2-8H,9H2,1H3,(H,29,31)(H,32,33). The Kier molecular flexibility index (Phi) is 9.08. The fourth-order valence-electron chi connectivity index (χ4n) is 3.14. The van der Waals surface area contributed by atoms with Gasteiger partial charge in [0.25, 0.3) is 11.6 Å². The summed E-state index contributed by atoms with van der Waals surface area (Å²) in [4.78, 5) is 34.0. The molecule has 0 unspecified atom stereocenters. The Bertz CT molecular complexity index is 1660. The van der Waals surface area contributed by atoms with Crippen molar-refractivity contribution < 1.29 is 45.4 Å². The zero-order valence-corrected chi connectivity index (χ0v) is 22.8. The van der Waals surface area contributed by atoms with Crippen molar-refractivity contribution in [2.45, 2.75) is 13.1 Å². The molecule has 212 valence electrons. The molecule has 3 aromatic rings. The van der Waals surface area contributed by atoms with Crippen molar-refractivity contribution in [2.75, 3.05) is 5.75 Å². The van der Waals surface area contributed by atoms with Crippen molar-refractivity contribution in [1.29, 1.82) is 0 Å². The van der Waals surface area contributed by atoms with Crippen LogP contribution in [0.1, 0.15) is 33.2 Å². The molecule has 0 aliphatic heterocycles. The number of hydrogen-bond acceptors (Lipinski definition) is 9. The van der Waals surface area contributed by atoms with E-state index in [-0.39, 0.29) is 37.3 Å². The first-order valence-electron chi connectivity index (χ1n) is 10.4. The zero-order valence-electron chi connectivity index (χ0n) is 19.7. The van der Waals surface area contributed by atoms with E-state index in [0.717, 1.165) is 29.5 Å². The molecule has 0 fully saturated rings. The number of benzene rings is 2. The van der Waals surface area contributed by atoms with Gasteiger partial charge in [-0.1, -0.05) is 29.3 Å². The maximum Gasteiger partial charge on any atom is 0.406 e. The number of amides is 1. The van der Waals surface area contributed by atoms with Crippen molar-refractivity contribution in [3.05, 3.63) is 78.6 Å². The van der Waals surface area contributed by atoms with Crippen LogP contribution in [0.25, 0.3) is 10.4 Å². The van der Waals surface area contributed by atoms with Crippen LogP contribution < -0.4 is 9.61 Å². The third-order valence-electron chi connectivity index (χ3n) is 4.88. The smallest absolute Gasteiger partial charge is 0.406 e. The van der Waals surface area contributed by atoms with Crippen molar-refractivity contribution in [3.63, 3.8) is 0 Å². The molecule has 40 heavy (non-hydrogen) atoms. The summed E-state index contributed by atoms with van der Waals surface area (Å²) in [6.07, 6.45) is -5.10. The second kappa shape index (κ2) is 11.8. The van der Waals surface area contributed by atoms with Crippen molar-refractivity contribution >= 4 is 67.9 Å². The first-order chi connectivity index (χ1) is 18.5. The van der Waals surface area contributed by atoms with Gasteiger partial charge in [0.1, 0.15) is 5.56 Å². The molecule has 1 aromatic heterocycles. The molecule has 1 heterocycles. The van der Waals surface area contributed by atoms with E-state index in [9.17, 15) is 41.3 Å². The lowest BCUT2D eigenvalue weighted by atomic mass is 10.1. The molecule has 0 saturated heterocycles. The van der Waals surface area contributed by atoms with Crippen LogP contribution in [-0.2, 0) is 10.1 Å². The van der Waals surface area contributed by atoms with Crippen LogP contribution in [0.3, 0.4) is 0 Å². The van der Waals surface area contributed by atoms with Crippen LogP contribution in [0.5, 0.6) is 5.75 Å². The lowest BCUT2D eigenvalue weighted by Crippen LogP contribution is -2.27. The summed E-state index contributed by atoms with van der Waals surface area (Å²) < 4.78 is 67.8. The maximum atomic E-state index is 12.8. The van der Waals surface area contributed by atoms with Crippen molar-refractivity contribution in [2.24, 2.45) is 5.10 Å². The number of hydrazone groups is 1. The minimum Gasteiger partial charge on any atom is -0.477 e. The summed E-state index contributed by atoms with van der Waals surface area (Å²) in [5, 5.41) is 25.6. The third kappa shape index (κ3) is 7.47. The summed E-state index contributed by atoms with van der Waals surface area (Å²) in [7, 11) is -5.20. The van der Waals surface area contributed by atoms with Crippen LogP contribution in [0.2, 0.25) is 10.0 Å². The highest BCUT2D eigenvalue weighted by Crippen LogP contribution is 2.42. The van der Waals surface area contributed by atoms with Crippen LogP contribution in [0.4, 0.5) is 18.9 Å². The number of rotatable bonds is 9. The van der Waals surface area contributed by atoms with Gasteiger partial charge in [-0.3, -0.25) is 14.9 Å². The fourth-order valence-corrected chi connectivity index (χ4v) is 5.41. The molecular formula is C22H14Cl2F3N3O8S2. The number of carbonyl (C=O) groups is 2. The van der Waals surface area contributed by atoms with Gasteiger partial charge >= 0.3 is 22.3 Å². The minimum atomic E-state index is -5.20. The summed E-state index contributed by atoms with van der Waals surface area (Å²) >= 11 is 12.8. The number of carbonyl (C=O) groups excluding carboxylic acids is 1. The number of nitrogens with zero attached hydrogens (tertiary/aromatic N) is 2. The Morgan fingerprint density at radius 3 is 2.40 bits per heavy atom. The van der Waals surface area contributed by atoms with Crippen molar-refractivity contribution in [3.8, 4) is 16.2 Å². The van der Waals surface area contributed by atoms with Gasteiger partial charge in [-0.25, -0.2) is 10.2 Å². The molecule has 1 amide bonds. The predicted octanol–water partition coefficient (Wildman–Crippen LogP) is 5.75. The van der Waals surface area contributed by atoms with Crippen LogP contribution in [0.15, 0.2) is 46.9 Å². The number of carboxylic acids is 1. The monoisotopic (exact) mass is 639 g/mol. The number of nitro groups is 1. The molecule has 0 aliphatic carbocycles. The van der Waals surface area contributed by atoms with E-state index in [1.165, 1.54) is 30.5 Å². The maximum absolute atomic E-state index is 12.8. The van der Waals surface area contributed by atoms with Gasteiger partial charge in [-0.2, -0.15) is 26.7 Å². The van der Waals surface area contributed by atoms with E-state index in [1.807, 2.05) is 0 Å². The number of aromatic carboxylic acids is 1. The molecule has 18 heteroatoms. The van der Waals surface area contributed by atoms with Crippen molar-refractivity contribution in [1.82, 2.24) is 5.43 Å². The van der Waals surface area contributed by atoms with Crippen LogP contribution in [0, 0.1) is 10.1 Å². The summed E-state index contributed by atoms with van der Waals surface area (Å²) in [6, 6.07) is 6.71. The summed E-state index contributed by atoms with van der Waals surface area (Å²) in [6.45, 7) is 1.28. The molecular weight excluding hydrogens is 626 g/mol. The Labute approximate surface area is 237 Å². The number of thiophene rings is 1. The third-order valence-corrected chi connectivity index (χ3v) is 7.73. The largest absolute Gasteiger partial charge is 0.477 e. The molecule has 0 spiro atoms. The molecule has 2 aromatic carbocycles. The zero-order chi connectivity index (χ0) is 30.0. The summed E-state index contributed by atoms with van der Waals surface area (Å²) in [5.41, 5.74) is 0.252. The van der Waals surface area contributed by atoms with Gasteiger partial charge in [0.15, 0.2) is 11.5 Å². The Hall–Kier alpha value is -3.73. The second-order valence-corrected chi connectivity index (χ2v) is 11.0. The van der Waals surface area contributed by atoms with E-state index in [0.29, 0.717) is 0 Å². The van der Waals surface area contributed by atoms with Crippen LogP contribution >= 0.6 is 34.5 Å². The van der Waals surface area contributed by atoms with E-state index in [2.05, 4.69) is 10.5 Å². The highest BCUT2D eigenvalue weighted by molar-refractivity contribution is 7.87. The van der Waals surface area contributed by atoms with E-state index >= 15 is 0 Å². The van der Waals surface area contributed by atoms with E-state index in [1.54, 1.807) is 0 Å². The first-order valence-corrected chi connectivity index (χ1v) is 13.6. The highest BCUT2D eigenvalue weighted by Gasteiger charge is 2.37. The van der Waals surface area contributed by atoms with Gasteiger partial charge in [0.2, 0.25) is 0 Å². The molecule has 3 rings (SSSR count). The molecule has 0 aliphatic rings. The molecule has 2 N–H and O–H groups in total. The van der Waals surface area contributed by atoms with Gasteiger partial charge < -0.3 is 9.29 Å². The number of halogens is 5. The Morgan fingerprint density at radius 1 is 1.15 bits per heavy atom. The predicted molar refractivity (Wildman–Crippen MR) is 140 cm³/mol. The average Bonchev–Trinajstić information content (AvgIpc) is 3.24. The normalized spacial score (nSPS) is 12.2. The Balaban J connectivity index is 2.01. The molecule has 0 saturated carbocycles. The minimum absolute atomic E-state index is 0.0556. The highest BCUT2D eigenvalue weighted by atomic mass is 35.5. The topological polar surface area (TPSA) is 165 Å². The number of carboxylic acid groups (broad SMARTS) is 1. The van der Waals surface area contributed by atoms with E-state index < -0.39 is 55.8 Å². The quantitative estimate of drug-likeness (QED) is 0.129. The van der Waals surface area contributed by atoms with Crippen LogP contribution in [-0.4, -0.2) is 48.0 Å². The number of alkyl halides is 3. The molecule has 0 radical (unpaired) electrons. The van der Waals surface area contributed by atoms with Gasteiger partial charge in [-0.05, 0) is 36.8 Å². The average molecular weight is 640 g/mol. The van der Waals surface area contributed by atoms with Gasteiger partial charge in [0.05, 0.1) is 31.1 Å². The van der Waals surface area contributed by atoms with E-state index in [4.69, 9.17) is 32.5 Å². The second-order valence-electron chi connectivity index (χ2n) is 7.77. The molecule has 0 atom stereocenters. The van der Waals surface area contributed by atoms with Gasteiger partial charge in [0, 0.05) is 17.0 Å². The number of nitrogens with one attached hydrogen (secondary N) is 1. The first kappa shape index (κ1) is 30.8. The molecule has 0 bridgehead atoms. The molecule has 11 nitrogen and oxygen atoms in total. The SMILES string of the molecule is CC(=NNC(=O)c1ccc(C(=O)O)c([N+](=O)[O-])c1)c1csc(-c2ccc(Cl)c(Cl)c2)c1OS(=O)(=O)CC(F)(F)F. The fraction of sp³-hybridized carbons (Fsp3) is 0.136.